The Kier molecular flexibility index (Phi) is 5.53. The molecule has 2 N–H and O–H groups in total. The molecule has 0 radical (unpaired) electrons. The van der Waals surface area contributed by atoms with Crippen LogP contribution in [-0.2, 0) is 17.6 Å². The summed E-state index contributed by atoms with van der Waals surface area (Å²) >= 11 is 0. The molecule has 2 aromatic rings. The number of para-hydroxylation sites is 1. The van der Waals surface area contributed by atoms with E-state index in [2.05, 4.69) is 0 Å². The Morgan fingerprint density at radius 1 is 1.09 bits per heavy atom. The second kappa shape index (κ2) is 7.59. The summed E-state index contributed by atoms with van der Waals surface area (Å²) in [5.74, 6) is -0.154. The number of nitrogens with two attached hydrogens (primary N) is 1. The zero-order valence-corrected chi connectivity index (χ0v) is 12.8. The summed E-state index contributed by atoms with van der Waals surface area (Å²) in [5.41, 5.74) is 8.62. The number of hydrogen-bond acceptors (Lipinski definition) is 2. The molecular weight excluding hydrogens is 279 g/mol. The molecule has 0 fully saturated rings. The molecule has 0 bridgehead atoms. The van der Waals surface area contributed by atoms with Gasteiger partial charge in [0.05, 0.1) is 0 Å². The lowest BCUT2D eigenvalue weighted by molar-refractivity contribution is -0.129. The molecule has 0 heterocycles. The molecule has 0 aliphatic carbocycles. The first-order chi connectivity index (χ1) is 10.6. The predicted octanol–water partition coefficient (Wildman–Crippen LogP) is 3.04. The van der Waals surface area contributed by atoms with Crippen LogP contribution in [0.2, 0.25) is 0 Å². The van der Waals surface area contributed by atoms with Gasteiger partial charge in [0.15, 0.2) is 0 Å². The van der Waals surface area contributed by atoms with Crippen LogP contribution in [0.15, 0.2) is 48.5 Å². The van der Waals surface area contributed by atoms with Crippen molar-refractivity contribution in [1.82, 2.24) is 4.90 Å². The van der Waals surface area contributed by atoms with Gasteiger partial charge in [-0.25, -0.2) is 4.39 Å². The third kappa shape index (κ3) is 4.58. The van der Waals surface area contributed by atoms with E-state index in [1.165, 1.54) is 12.1 Å². The van der Waals surface area contributed by atoms with Crippen LogP contribution in [-0.4, -0.2) is 24.4 Å². The minimum absolute atomic E-state index is 0.0883. The molecule has 22 heavy (non-hydrogen) atoms. The van der Waals surface area contributed by atoms with Crippen LogP contribution in [0.3, 0.4) is 0 Å². The van der Waals surface area contributed by atoms with Gasteiger partial charge in [0.2, 0.25) is 5.91 Å². The van der Waals surface area contributed by atoms with E-state index < -0.39 is 0 Å². The van der Waals surface area contributed by atoms with Gasteiger partial charge in [-0.3, -0.25) is 4.79 Å². The Morgan fingerprint density at radius 3 is 2.45 bits per heavy atom. The van der Waals surface area contributed by atoms with Gasteiger partial charge < -0.3 is 10.6 Å². The molecule has 116 valence electrons. The molecule has 1 amide bonds. The fourth-order valence-electron chi connectivity index (χ4n) is 2.27. The first-order valence-corrected chi connectivity index (χ1v) is 7.38. The molecule has 0 aliphatic rings. The van der Waals surface area contributed by atoms with Crippen LogP contribution in [0, 0.1) is 5.82 Å². The SMILES string of the molecule is CN(CCc1ccc(F)cc1)C(=O)CCc1ccccc1N. The summed E-state index contributed by atoms with van der Waals surface area (Å²) < 4.78 is 12.8. The minimum Gasteiger partial charge on any atom is -0.399 e. The second-order valence-corrected chi connectivity index (χ2v) is 5.39. The number of anilines is 1. The maximum absolute atomic E-state index is 12.8. The van der Waals surface area contributed by atoms with Crippen molar-refractivity contribution >= 4 is 11.6 Å². The van der Waals surface area contributed by atoms with Crippen molar-refractivity contribution < 1.29 is 9.18 Å². The van der Waals surface area contributed by atoms with E-state index in [1.807, 2.05) is 24.3 Å². The topological polar surface area (TPSA) is 46.3 Å². The number of nitrogens with zero attached hydrogens (tertiary/aromatic N) is 1. The van der Waals surface area contributed by atoms with Crippen molar-refractivity contribution in [1.29, 1.82) is 0 Å². The molecular formula is C18H21FN2O. The van der Waals surface area contributed by atoms with E-state index in [0.29, 0.717) is 19.4 Å². The van der Waals surface area contributed by atoms with Crippen molar-refractivity contribution in [2.45, 2.75) is 19.3 Å². The first kappa shape index (κ1) is 16.0. The smallest absolute Gasteiger partial charge is 0.222 e. The van der Waals surface area contributed by atoms with Gasteiger partial charge in [0.25, 0.3) is 0 Å². The Morgan fingerprint density at radius 2 is 1.77 bits per heavy atom. The fraction of sp³-hybridized carbons (Fsp3) is 0.278. The van der Waals surface area contributed by atoms with Crippen molar-refractivity contribution in [3.8, 4) is 0 Å². The minimum atomic E-state index is -0.242. The zero-order chi connectivity index (χ0) is 15.9. The van der Waals surface area contributed by atoms with Gasteiger partial charge in [0.1, 0.15) is 5.82 Å². The van der Waals surface area contributed by atoms with E-state index in [9.17, 15) is 9.18 Å². The number of halogens is 1. The lowest BCUT2D eigenvalue weighted by atomic mass is 10.1. The Labute approximate surface area is 130 Å². The maximum atomic E-state index is 12.8. The van der Waals surface area contributed by atoms with Crippen LogP contribution in [0.4, 0.5) is 10.1 Å². The summed E-state index contributed by atoms with van der Waals surface area (Å²) in [6.07, 6.45) is 1.80. The number of amides is 1. The third-order valence-corrected chi connectivity index (χ3v) is 3.74. The third-order valence-electron chi connectivity index (χ3n) is 3.74. The molecule has 2 aromatic carbocycles. The summed E-state index contributed by atoms with van der Waals surface area (Å²) in [6, 6.07) is 14.0. The van der Waals surface area contributed by atoms with Crippen LogP contribution < -0.4 is 5.73 Å². The summed E-state index contributed by atoms with van der Waals surface area (Å²) in [5, 5.41) is 0. The van der Waals surface area contributed by atoms with Gasteiger partial charge in [-0.1, -0.05) is 30.3 Å². The lowest BCUT2D eigenvalue weighted by Gasteiger charge is -2.17. The van der Waals surface area contributed by atoms with E-state index >= 15 is 0 Å². The normalized spacial score (nSPS) is 10.5. The fourth-order valence-corrected chi connectivity index (χ4v) is 2.27. The van der Waals surface area contributed by atoms with E-state index in [1.54, 1.807) is 24.1 Å². The van der Waals surface area contributed by atoms with Crippen molar-refractivity contribution in [2.75, 3.05) is 19.3 Å². The lowest BCUT2D eigenvalue weighted by Crippen LogP contribution is -2.29. The number of carbonyl (C=O) groups excluding carboxylic acids is 1. The number of hydrogen-bond donors (Lipinski definition) is 1. The van der Waals surface area contributed by atoms with Crippen LogP contribution in [0.1, 0.15) is 17.5 Å². The second-order valence-electron chi connectivity index (χ2n) is 5.39. The van der Waals surface area contributed by atoms with Crippen molar-refractivity contribution in [2.24, 2.45) is 0 Å². The van der Waals surface area contributed by atoms with E-state index in [-0.39, 0.29) is 11.7 Å². The van der Waals surface area contributed by atoms with Gasteiger partial charge in [0, 0.05) is 25.7 Å². The molecule has 0 saturated heterocycles. The molecule has 0 atom stereocenters. The number of likely N-dealkylation sites (N-methyl/N-ethyl adjacent to an activating group) is 1. The summed E-state index contributed by atoms with van der Waals surface area (Å²) in [6.45, 7) is 0.620. The maximum Gasteiger partial charge on any atom is 0.222 e. The first-order valence-electron chi connectivity index (χ1n) is 7.38. The van der Waals surface area contributed by atoms with Crippen LogP contribution in [0.5, 0.6) is 0 Å². The average molecular weight is 300 g/mol. The molecule has 0 saturated carbocycles. The standard InChI is InChI=1S/C18H21FN2O/c1-21(13-12-14-6-9-16(19)10-7-14)18(22)11-8-15-4-2-3-5-17(15)20/h2-7,9-10H,8,11-13,20H2,1H3. The van der Waals surface area contributed by atoms with Gasteiger partial charge in [-0.2, -0.15) is 0 Å². The molecule has 0 unspecified atom stereocenters. The van der Waals surface area contributed by atoms with Crippen LogP contribution >= 0.6 is 0 Å². The van der Waals surface area contributed by atoms with E-state index in [4.69, 9.17) is 5.73 Å². The molecule has 0 aromatic heterocycles. The quantitative estimate of drug-likeness (QED) is 0.834. The Bertz CT molecular complexity index is 625. The monoisotopic (exact) mass is 300 g/mol. The number of nitrogen functional groups attached to an aromatic ring is 1. The van der Waals surface area contributed by atoms with Gasteiger partial charge >= 0.3 is 0 Å². The van der Waals surface area contributed by atoms with Gasteiger partial charge in [-0.05, 0) is 42.2 Å². The Hall–Kier alpha value is -2.36. The average Bonchev–Trinajstić information content (AvgIpc) is 2.53. The molecule has 4 heteroatoms. The van der Waals surface area contributed by atoms with Gasteiger partial charge in [-0.15, -0.1) is 0 Å². The highest BCUT2D eigenvalue weighted by Crippen LogP contribution is 2.13. The summed E-state index contributed by atoms with van der Waals surface area (Å²) in [4.78, 5) is 13.8. The Balaban J connectivity index is 1.79. The van der Waals surface area contributed by atoms with Crippen molar-refractivity contribution in [3.63, 3.8) is 0 Å². The van der Waals surface area contributed by atoms with Crippen molar-refractivity contribution in [3.05, 3.63) is 65.5 Å². The molecule has 2 rings (SSSR count). The highest BCUT2D eigenvalue weighted by molar-refractivity contribution is 5.76. The molecule has 3 nitrogen and oxygen atoms in total. The number of rotatable bonds is 6. The largest absolute Gasteiger partial charge is 0.399 e. The van der Waals surface area contributed by atoms with E-state index in [0.717, 1.165) is 23.2 Å². The predicted molar refractivity (Wildman–Crippen MR) is 86.9 cm³/mol. The molecule has 0 spiro atoms. The number of benzene rings is 2. The van der Waals surface area contributed by atoms with Crippen LogP contribution in [0.25, 0.3) is 0 Å². The zero-order valence-electron chi connectivity index (χ0n) is 12.8. The number of carbonyl (C=O) groups is 1. The highest BCUT2D eigenvalue weighted by atomic mass is 19.1. The summed E-state index contributed by atoms with van der Waals surface area (Å²) in [7, 11) is 1.79. The highest BCUT2D eigenvalue weighted by Gasteiger charge is 2.10. The molecule has 0 aliphatic heterocycles. The number of aryl methyl sites for hydroxylation is 1.